The summed E-state index contributed by atoms with van der Waals surface area (Å²) in [6.07, 6.45) is -4.33. The van der Waals surface area contributed by atoms with Crippen molar-refractivity contribution in [2.75, 3.05) is 13.1 Å². The van der Waals surface area contributed by atoms with Crippen LogP contribution in [0.4, 0.5) is 13.2 Å². The first-order valence-corrected chi connectivity index (χ1v) is 4.60. The summed E-state index contributed by atoms with van der Waals surface area (Å²) in [5, 5.41) is 2.89. The minimum Gasteiger partial charge on any atom is -0.319 e. The summed E-state index contributed by atoms with van der Waals surface area (Å²) in [6, 6.07) is 5.48. The number of nitrogens with two attached hydrogens (primary N) is 1. The maximum absolute atomic E-state index is 12.7. The summed E-state index contributed by atoms with van der Waals surface area (Å²) >= 11 is 0. The lowest BCUT2D eigenvalue weighted by Crippen LogP contribution is -2.63. The van der Waals surface area contributed by atoms with Crippen molar-refractivity contribution in [2.24, 2.45) is 5.73 Å². The Bertz CT molecular complexity index is 369. The Morgan fingerprint density at radius 3 is 2.27 bits per heavy atom. The summed E-state index contributed by atoms with van der Waals surface area (Å²) in [5.74, 6) is 0. The molecule has 82 valence electrons. The summed E-state index contributed by atoms with van der Waals surface area (Å²) in [6.45, 7) is 0.778. The maximum atomic E-state index is 12.7. The van der Waals surface area contributed by atoms with Crippen molar-refractivity contribution in [3.8, 4) is 0 Å². The minimum atomic E-state index is -4.33. The van der Waals surface area contributed by atoms with Crippen molar-refractivity contribution in [3.05, 3.63) is 35.4 Å². The molecule has 1 aliphatic heterocycles. The molecule has 1 aromatic carbocycles. The fourth-order valence-electron chi connectivity index (χ4n) is 1.75. The van der Waals surface area contributed by atoms with Crippen molar-refractivity contribution < 1.29 is 13.2 Å². The van der Waals surface area contributed by atoms with Gasteiger partial charge >= 0.3 is 6.18 Å². The van der Waals surface area contributed by atoms with Gasteiger partial charge in [0.2, 0.25) is 0 Å². The van der Waals surface area contributed by atoms with E-state index in [4.69, 9.17) is 5.73 Å². The molecule has 0 aromatic heterocycles. The van der Waals surface area contributed by atoms with E-state index in [2.05, 4.69) is 5.32 Å². The standard InChI is InChI=1S/C10H11F3N2/c11-10(12,13)8-4-2-1-3-7(8)9(14)5-15-6-9/h1-4,15H,5-6,14H2. The van der Waals surface area contributed by atoms with Crippen molar-refractivity contribution in [2.45, 2.75) is 11.7 Å². The van der Waals surface area contributed by atoms with Crippen LogP contribution in [0.25, 0.3) is 0 Å². The summed E-state index contributed by atoms with van der Waals surface area (Å²) < 4.78 is 38.0. The lowest BCUT2D eigenvalue weighted by Gasteiger charge is -2.40. The number of hydrogen-bond donors (Lipinski definition) is 2. The molecular weight excluding hydrogens is 205 g/mol. The highest BCUT2D eigenvalue weighted by Gasteiger charge is 2.42. The van der Waals surface area contributed by atoms with Crippen LogP contribution in [0.15, 0.2) is 24.3 Å². The largest absolute Gasteiger partial charge is 0.416 e. The monoisotopic (exact) mass is 216 g/mol. The van der Waals surface area contributed by atoms with Gasteiger partial charge in [-0.3, -0.25) is 0 Å². The van der Waals surface area contributed by atoms with Gasteiger partial charge in [0.25, 0.3) is 0 Å². The van der Waals surface area contributed by atoms with E-state index >= 15 is 0 Å². The molecule has 2 rings (SSSR count). The highest BCUT2D eigenvalue weighted by Crippen LogP contribution is 2.36. The van der Waals surface area contributed by atoms with Crippen LogP contribution in [-0.2, 0) is 11.7 Å². The normalized spacial score (nSPS) is 19.7. The number of rotatable bonds is 1. The fraction of sp³-hybridized carbons (Fsp3) is 0.400. The van der Waals surface area contributed by atoms with Crippen LogP contribution in [0.5, 0.6) is 0 Å². The van der Waals surface area contributed by atoms with E-state index in [-0.39, 0.29) is 5.56 Å². The van der Waals surface area contributed by atoms with Crippen molar-refractivity contribution in [1.82, 2.24) is 5.32 Å². The average Bonchev–Trinajstić information content (AvgIpc) is 2.13. The van der Waals surface area contributed by atoms with Gasteiger partial charge in [-0.2, -0.15) is 13.2 Å². The van der Waals surface area contributed by atoms with Crippen molar-refractivity contribution >= 4 is 0 Å². The molecule has 1 aromatic rings. The molecule has 5 heteroatoms. The zero-order chi connectivity index (χ0) is 11.1. The molecule has 2 nitrogen and oxygen atoms in total. The molecule has 1 saturated heterocycles. The zero-order valence-electron chi connectivity index (χ0n) is 7.93. The molecule has 0 unspecified atom stereocenters. The topological polar surface area (TPSA) is 38.0 Å². The van der Waals surface area contributed by atoms with Gasteiger partial charge in [-0.1, -0.05) is 18.2 Å². The molecule has 0 atom stereocenters. The van der Waals surface area contributed by atoms with Gasteiger partial charge in [0, 0.05) is 13.1 Å². The smallest absolute Gasteiger partial charge is 0.319 e. The Morgan fingerprint density at radius 1 is 1.20 bits per heavy atom. The number of nitrogens with one attached hydrogen (secondary N) is 1. The Morgan fingerprint density at radius 2 is 1.80 bits per heavy atom. The van der Waals surface area contributed by atoms with E-state index < -0.39 is 17.3 Å². The quantitative estimate of drug-likeness (QED) is 0.745. The summed E-state index contributed by atoms with van der Waals surface area (Å²) in [7, 11) is 0. The predicted octanol–water partition coefficient (Wildman–Crippen LogP) is 1.46. The van der Waals surface area contributed by atoms with Gasteiger partial charge in [0.05, 0.1) is 11.1 Å². The van der Waals surface area contributed by atoms with E-state index in [0.717, 1.165) is 6.07 Å². The van der Waals surface area contributed by atoms with Crippen LogP contribution < -0.4 is 11.1 Å². The third-order valence-corrected chi connectivity index (χ3v) is 2.65. The Labute approximate surface area is 85.3 Å². The van der Waals surface area contributed by atoms with Crippen LogP contribution in [0, 0.1) is 0 Å². The van der Waals surface area contributed by atoms with Crippen LogP contribution >= 0.6 is 0 Å². The van der Waals surface area contributed by atoms with E-state index in [1.165, 1.54) is 12.1 Å². The second-order valence-corrected chi connectivity index (χ2v) is 3.80. The molecule has 3 N–H and O–H groups in total. The molecule has 0 spiro atoms. The number of alkyl halides is 3. The molecule has 1 fully saturated rings. The first-order valence-electron chi connectivity index (χ1n) is 4.60. The lowest BCUT2D eigenvalue weighted by molar-refractivity contribution is -0.139. The SMILES string of the molecule is NC1(c2ccccc2C(F)(F)F)CNC1. The molecule has 0 aliphatic carbocycles. The Hall–Kier alpha value is -1.07. The van der Waals surface area contributed by atoms with Crippen molar-refractivity contribution in [1.29, 1.82) is 0 Å². The van der Waals surface area contributed by atoms with Crippen molar-refractivity contribution in [3.63, 3.8) is 0 Å². The van der Waals surface area contributed by atoms with E-state index in [0.29, 0.717) is 13.1 Å². The maximum Gasteiger partial charge on any atom is 0.416 e. The molecule has 0 saturated carbocycles. The molecule has 15 heavy (non-hydrogen) atoms. The van der Waals surface area contributed by atoms with E-state index in [1.54, 1.807) is 6.07 Å². The van der Waals surface area contributed by atoms with E-state index in [9.17, 15) is 13.2 Å². The fourth-order valence-corrected chi connectivity index (χ4v) is 1.75. The average molecular weight is 216 g/mol. The lowest BCUT2D eigenvalue weighted by atomic mass is 9.82. The third-order valence-electron chi connectivity index (χ3n) is 2.65. The second-order valence-electron chi connectivity index (χ2n) is 3.80. The van der Waals surface area contributed by atoms with Crippen LogP contribution in [-0.4, -0.2) is 13.1 Å². The molecule has 1 heterocycles. The van der Waals surface area contributed by atoms with Gasteiger partial charge in [0.1, 0.15) is 0 Å². The Kier molecular flexibility index (Phi) is 2.24. The summed E-state index contributed by atoms with van der Waals surface area (Å²) in [5.41, 5.74) is 4.54. The number of benzene rings is 1. The van der Waals surface area contributed by atoms with Gasteiger partial charge in [-0.05, 0) is 11.6 Å². The first kappa shape index (κ1) is 10.4. The first-order chi connectivity index (χ1) is 6.93. The predicted molar refractivity (Wildman–Crippen MR) is 50.2 cm³/mol. The van der Waals surface area contributed by atoms with Crippen LogP contribution in [0.3, 0.4) is 0 Å². The van der Waals surface area contributed by atoms with Gasteiger partial charge in [-0.15, -0.1) is 0 Å². The van der Waals surface area contributed by atoms with Crippen LogP contribution in [0.2, 0.25) is 0 Å². The highest BCUT2D eigenvalue weighted by molar-refractivity contribution is 5.38. The minimum absolute atomic E-state index is 0.177. The van der Waals surface area contributed by atoms with E-state index in [1.807, 2.05) is 0 Å². The van der Waals surface area contributed by atoms with Gasteiger partial charge < -0.3 is 11.1 Å². The number of hydrogen-bond acceptors (Lipinski definition) is 2. The highest BCUT2D eigenvalue weighted by atomic mass is 19.4. The number of halogens is 3. The molecular formula is C10H11F3N2. The summed E-state index contributed by atoms with van der Waals surface area (Å²) in [4.78, 5) is 0. The molecule has 0 radical (unpaired) electrons. The van der Waals surface area contributed by atoms with Crippen LogP contribution in [0.1, 0.15) is 11.1 Å². The zero-order valence-corrected chi connectivity index (χ0v) is 7.93. The molecule has 0 bridgehead atoms. The van der Waals surface area contributed by atoms with Gasteiger partial charge in [0.15, 0.2) is 0 Å². The van der Waals surface area contributed by atoms with Gasteiger partial charge in [-0.25, -0.2) is 0 Å². The molecule has 1 aliphatic rings. The second kappa shape index (κ2) is 3.21. The molecule has 0 amide bonds. The third kappa shape index (κ3) is 1.72. The Balaban J connectivity index is 2.47.